The summed E-state index contributed by atoms with van der Waals surface area (Å²) in [5, 5.41) is 26.2. The lowest BCUT2D eigenvalue weighted by molar-refractivity contribution is 0.626. The minimum absolute atomic E-state index is 0.0160. The molecular weight excluding hydrogens is 487 g/mol. The van der Waals surface area contributed by atoms with Crippen molar-refractivity contribution in [3.05, 3.63) is 121 Å². The maximum atomic E-state index is 14.7. The number of hydrogen-bond donors (Lipinski definition) is 0. The van der Waals surface area contributed by atoms with Gasteiger partial charge >= 0.3 is 0 Å². The number of hydrogen-bond acceptors (Lipinski definition) is 4. The van der Waals surface area contributed by atoms with E-state index in [0.29, 0.717) is 33.2 Å². The molecule has 0 N–H and O–H groups in total. The molecule has 2 aromatic heterocycles. The van der Waals surface area contributed by atoms with Crippen LogP contribution in [0, 0.1) is 48.5 Å². The molecule has 0 saturated heterocycles. The van der Waals surface area contributed by atoms with Gasteiger partial charge in [0.2, 0.25) is 0 Å². The molecule has 0 amide bonds. The van der Waals surface area contributed by atoms with E-state index in [-0.39, 0.29) is 5.70 Å². The molecule has 5 aromatic rings. The molecule has 0 atom stereocenters. The van der Waals surface area contributed by atoms with Crippen LogP contribution in [-0.2, 0) is 0 Å². The summed E-state index contributed by atoms with van der Waals surface area (Å²) in [7, 11) is 0. The van der Waals surface area contributed by atoms with E-state index in [9.17, 15) is 14.9 Å². The summed E-state index contributed by atoms with van der Waals surface area (Å²) in [5.74, 6) is -0.391. The van der Waals surface area contributed by atoms with Crippen LogP contribution in [0.4, 0.5) is 10.1 Å². The van der Waals surface area contributed by atoms with E-state index in [4.69, 9.17) is 13.1 Å². The first kappa shape index (κ1) is 23.0. The zero-order valence-corrected chi connectivity index (χ0v) is 20.4. The Morgan fingerprint density at radius 2 is 1.56 bits per heavy atom. The van der Waals surface area contributed by atoms with E-state index in [1.807, 2.05) is 42.0 Å². The Hall–Kier alpha value is -4.79. The second-order valence-electron chi connectivity index (χ2n) is 8.03. The number of nitriles is 2. The summed E-state index contributed by atoms with van der Waals surface area (Å²) in [5.41, 5.74) is 3.31. The van der Waals surface area contributed by atoms with Crippen LogP contribution >= 0.6 is 22.7 Å². The molecule has 0 aliphatic rings. The summed E-state index contributed by atoms with van der Waals surface area (Å²) >= 11 is 2.91. The smallest absolute Gasteiger partial charge is 0.238 e. The normalized spacial score (nSPS) is 12.4. The molecule has 0 unspecified atom stereocenters. The Kier molecular flexibility index (Phi) is 5.81. The summed E-state index contributed by atoms with van der Waals surface area (Å²) in [6.07, 6.45) is 0. The van der Waals surface area contributed by atoms with Gasteiger partial charge in [0, 0.05) is 30.8 Å². The molecule has 36 heavy (non-hydrogen) atoms. The first-order valence-electron chi connectivity index (χ1n) is 10.6. The lowest BCUT2D eigenvalue weighted by Crippen LogP contribution is -2.17. The standard InChI is InChI=1S/C29H13FN4S2/c1-16-8-18(12-20(30)9-16)25(19-10-17(14-31)11-21(13-19)33-2)27-23-5-7-35-28(23)26(24(15-32)34-3)22-4-6-36-29(22)27/h4-13H,1H3/b26-24-,27-25+. The Balaban J connectivity index is 2.15. The molecule has 0 radical (unpaired) electrons. The molecule has 0 spiro atoms. The van der Waals surface area contributed by atoms with Gasteiger partial charge in [0.05, 0.1) is 25.3 Å². The highest BCUT2D eigenvalue weighted by Gasteiger charge is 2.18. The number of aryl methyl sites for hydroxylation is 1. The molecule has 0 aliphatic heterocycles. The zero-order valence-electron chi connectivity index (χ0n) is 18.8. The molecule has 7 heteroatoms. The highest BCUT2D eigenvalue weighted by atomic mass is 32.1. The molecule has 3 aromatic carbocycles. The van der Waals surface area contributed by atoms with Crippen molar-refractivity contribution in [2.24, 2.45) is 0 Å². The summed E-state index contributed by atoms with van der Waals surface area (Å²) < 4.78 is 16.3. The minimum atomic E-state index is -0.391. The van der Waals surface area contributed by atoms with Crippen LogP contribution in [-0.4, -0.2) is 0 Å². The van der Waals surface area contributed by atoms with Crippen molar-refractivity contribution in [3.63, 3.8) is 0 Å². The third-order valence-electron chi connectivity index (χ3n) is 5.82. The number of nitrogens with zero attached hydrogens (tertiary/aromatic N) is 4. The first-order chi connectivity index (χ1) is 17.5. The summed E-state index contributed by atoms with van der Waals surface area (Å²) in [6.45, 7) is 16.9. The second-order valence-corrected chi connectivity index (χ2v) is 9.87. The third kappa shape index (κ3) is 3.70. The SMILES string of the molecule is [C-]#[N+]/C(C#N)=c1/c2ccsc2/c(=C(\c2cc(C)cc(F)c2)c2cc(C#N)cc([N+]#[C-])c2)c2ccsc12. The van der Waals surface area contributed by atoms with Crippen molar-refractivity contribution >= 4 is 59.8 Å². The van der Waals surface area contributed by atoms with Crippen molar-refractivity contribution < 1.29 is 4.39 Å². The van der Waals surface area contributed by atoms with Crippen LogP contribution in [0.15, 0.2) is 59.3 Å². The van der Waals surface area contributed by atoms with Crippen LogP contribution in [0.5, 0.6) is 0 Å². The van der Waals surface area contributed by atoms with E-state index in [0.717, 1.165) is 31.0 Å². The maximum Gasteiger partial charge on any atom is 0.271 e. The quantitative estimate of drug-likeness (QED) is 0.251. The van der Waals surface area contributed by atoms with Gasteiger partial charge in [0.1, 0.15) is 5.82 Å². The largest absolute Gasteiger partial charge is 0.271 e. The lowest BCUT2D eigenvalue weighted by atomic mass is 9.91. The fourth-order valence-electron chi connectivity index (χ4n) is 4.48. The predicted octanol–water partition coefficient (Wildman–Crippen LogP) is 6.78. The maximum absolute atomic E-state index is 14.7. The number of halogens is 1. The Morgan fingerprint density at radius 3 is 2.17 bits per heavy atom. The van der Waals surface area contributed by atoms with E-state index in [1.54, 1.807) is 12.1 Å². The van der Waals surface area contributed by atoms with Gasteiger partial charge in [-0.3, -0.25) is 0 Å². The highest BCUT2D eigenvalue weighted by molar-refractivity contribution is 7.18. The van der Waals surface area contributed by atoms with Crippen molar-refractivity contribution in [3.8, 4) is 12.1 Å². The number of benzene rings is 3. The van der Waals surface area contributed by atoms with E-state index >= 15 is 0 Å². The minimum Gasteiger partial charge on any atom is -0.238 e. The van der Waals surface area contributed by atoms with E-state index in [1.165, 1.54) is 40.9 Å². The summed E-state index contributed by atoms with van der Waals surface area (Å²) in [4.78, 5) is 7.04. The van der Waals surface area contributed by atoms with Gasteiger partial charge in [0.25, 0.3) is 5.70 Å². The number of fused-ring (bicyclic) bond motifs is 2. The fraction of sp³-hybridized carbons (Fsp3) is 0.0345. The fourth-order valence-corrected chi connectivity index (χ4v) is 6.41. The van der Waals surface area contributed by atoms with Crippen LogP contribution in [0.2, 0.25) is 0 Å². The molecule has 2 heterocycles. The van der Waals surface area contributed by atoms with Crippen LogP contribution in [0.25, 0.3) is 41.1 Å². The third-order valence-corrected chi connectivity index (χ3v) is 7.69. The van der Waals surface area contributed by atoms with Crippen molar-refractivity contribution in [1.82, 2.24) is 0 Å². The van der Waals surface area contributed by atoms with Gasteiger partial charge in [-0.25, -0.2) is 19.3 Å². The van der Waals surface area contributed by atoms with Crippen molar-refractivity contribution in [1.29, 1.82) is 10.5 Å². The van der Waals surface area contributed by atoms with Crippen LogP contribution < -0.4 is 10.4 Å². The Morgan fingerprint density at radius 1 is 0.889 bits per heavy atom. The molecule has 0 bridgehead atoms. The van der Waals surface area contributed by atoms with Gasteiger partial charge in [-0.1, -0.05) is 6.07 Å². The number of rotatable bonds is 2. The number of thiophene rings is 2. The summed E-state index contributed by atoms with van der Waals surface area (Å²) in [6, 6.07) is 17.7. The highest BCUT2D eigenvalue weighted by Crippen LogP contribution is 2.31. The van der Waals surface area contributed by atoms with Gasteiger partial charge in [-0.15, -0.1) is 22.7 Å². The topological polar surface area (TPSA) is 56.3 Å². The second kappa shape index (κ2) is 9.10. The van der Waals surface area contributed by atoms with Gasteiger partial charge in [-0.05, 0) is 87.8 Å². The average molecular weight is 501 g/mol. The monoisotopic (exact) mass is 500 g/mol. The molecule has 5 rings (SSSR count). The first-order valence-corrected chi connectivity index (χ1v) is 12.4. The molecular formula is C29H13FN4S2. The molecule has 0 fully saturated rings. The molecule has 168 valence electrons. The predicted molar refractivity (Wildman–Crippen MR) is 142 cm³/mol. The zero-order chi connectivity index (χ0) is 25.4. The average Bonchev–Trinajstić information content (AvgIpc) is 3.55. The molecule has 0 saturated carbocycles. The van der Waals surface area contributed by atoms with Crippen molar-refractivity contribution in [2.75, 3.05) is 0 Å². The molecule has 0 aliphatic carbocycles. The Bertz CT molecular complexity index is 1890. The van der Waals surface area contributed by atoms with Gasteiger partial charge < -0.3 is 0 Å². The van der Waals surface area contributed by atoms with Gasteiger partial charge in [0.15, 0.2) is 5.69 Å². The van der Waals surface area contributed by atoms with Crippen LogP contribution in [0.3, 0.4) is 0 Å². The van der Waals surface area contributed by atoms with E-state index < -0.39 is 5.82 Å². The van der Waals surface area contributed by atoms with Gasteiger partial charge in [-0.2, -0.15) is 5.26 Å². The molecule has 4 nitrogen and oxygen atoms in total. The Labute approximate surface area is 214 Å². The van der Waals surface area contributed by atoms with E-state index in [2.05, 4.69) is 15.8 Å². The lowest BCUT2D eigenvalue weighted by Gasteiger charge is -2.13. The van der Waals surface area contributed by atoms with Crippen molar-refractivity contribution in [2.45, 2.75) is 6.92 Å². The van der Waals surface area contributed by atoms with Crippen LogP contribution in [0.1, 0.15) is 22.3 Å².